The molecule has 5 heteroatoms. The molecule has 5 nitrogen and oxygen atoms in total. The van der Waals surface area contributed by atoms with Crippen LogP contribution in [0.4, 0.5) is 0 Å². The van der Waals surface area contributed by atoms with Gasteiger partial charge in [0.05, 0.1) is 12.7 Å². The molecule has 0 saturated carbocycles. The van der Waals surface area contributed by atoms with Gasteiger partial charge in [-0.05, 0) is 83.7 Å². The molecule has 1 aliphatic heterocycles. The van der Waals surface area contributed by atoms with Crippen LogP contribution in [-0.2, 0) is 4.74 Å². The second kappa shape index (κ2) is 9.88. The van der Waals surface area contributed by atoms with Gasteiger partial charge in [0.1, 0.15) is 5.69 Å². The fourth-order valence-electron chi connectivity index (χ4n) is 3.35. The van der Waals surface area contributed by atoms with Gasteiger partial charge >= 0.3 is 0 Å². The summed E-state index contributed by atoms with van der Waals surface area (Å²) in [4.78, 5) is 19.0. The molecule has 0 aromatic carbocycles. The van der Waals surface area contributed by atoms with E-state index in [2.05, 4.69) is 29.0 Å². The van der Waals surface area contributed by atoms with Crippen molar-refractivity contribution < 1.29 is 9.53 Å². The van der Waals surface area contributed by atoms with E-state index in [9.17, 15) is 4.79 Å². The van der Waals surface area contributed by atoms with Crippen LogP contribution in [0.25, 0.3) is 0 Å². The minimum absolute atomic E-state index is 0.0601. The summed E-state index contributed by atoms with van der Waals surface area (Å²) in [5, 5.41) is 3.02. The number of carbonyl (C=O) groups excluding carboxylic acids is 1. The zero-order valence-electron chi connectivity index (χ0n) is 16.2. The Hall–Kier alpha value is -1.46. The number of carbonyl (C=O) groups is 1. The first-order valence-electron chi connectivity index (χ1n) is 9.51. The van der Waals surface area contributed by atoms with E-state index in [4.69, 9.17) is 4.74 Å². The SMILES string of the molecule is Cc1cc(C)nc(C(=O)NCCC2CCN(CCOC(C)C)CC2)c1. The van der Waals surface area contributed by atoms with Gasteiger partial charge in [0.25, 0.3) is 5.91 Å². The molecule has 0 unspecified atom stereocenters. The zero-order valence-corrected chi connectivity index (χ0v) is 16.2. The summed E-state index contributed by atoms with van der Waals surface area (Å²) in [5.74, 6) is 0.643. The Bertz CT molecular complexity index is 532. The van der Waals surface area contributed by atoms with E-state index in [1.165, 1.54) is 12.8 Å². The van der Waals surface area contributed by atoms with Crippen molar-refractivity contribution in [2.75, 3.05) is 32.8 Å². The normalized spacial score (nSPS) is 16.4. The molecule has 1 N–H and O–H groups in total. The highest BCUT2D eigenvalue weighted by atomic mass is 16.5. The number of pyridine rings is 1. The molecule has 1 saturated heterocycles. The number of amides is 1. The highest BCUT2D eigenvalue weighted by molar-refractivity contribution is 5.92. The number of rotatable bonds is 8. The molecule has 0 bridgehead atoms. The van der Waals surface area contributed by atoms with E-state index in [1.54, 1.807) is 0 Å². The third-order valence-corrected chi connectivity index (χ3v) is 4.73. The molecular weight excluding hydrogens is 314 g/mol. The number of nitrogens with one attached hydrogen (secondary N) is 1. The van der Waals surface area contributed by atoms with Crippen LogP contribution in [0.5, 0.6) is 0 Å². The number of nitrogens with zero attached hydrogens (tertiary/aromatic N) is 2. The third-order valence-electron chi connectivity index (χ3n) is 4.73. The molecule has 2 rings (SSSR count). The quantitative estimate of drug-likeness (QED) is 0.785. The average Bonchev–Trinajstić information content (AvgIpc) is 2.55. The average molecular weight is 348 g/mol. The Morgan fingerprint density at radius 3 is 2.68 bits per heavy atom. The first-order valence-corrected chi connectivity index (χ1v) is 9.51. The number of ether oxygens (including phenoxy) is 1. The van der Waals surface area contributed by atoms with E-state index in [-0.39, 0.29) is 5.91 Å². The van der Waals surface area contributed by atoms with Gasteiger partial charge in [0.2, 0.25) is 0 Å². The Morgan fingerprint density at radius 1 is 1.32 bits per heavy atom. The molecule has 0 radical (unpaired) electrons. The van der Waals surface area contributed by atoms with Gasteiger partial charge < -0.3 is 15.0 Å². The van der Waals surface area contributed by atoms with Gasteiger partial charge in [0.15, 0.2) is 0 Å². The Kier molecular flexibility index (Phi) is 7.85. The standard InChI is InChI=1S/C20H33N3O2/c1-15(2)25-12-11-23-9-6-18(7-10-23)5-8-21-20(24)19-14-16(3)13-17(4)22-19/h13-15,18H,5-12H2,1-4H3,(H,21,24). The maximum absolute atomic E-state index is 12.2. The second-order valence-electron chi connectivity index (χ2n) is 7.42. The van der Waals surface area contributed by atoms with Crippen molar-refractivity contribution >= 4 is 5.91 Å². The molecule has 140 valence electrons. The molecule has 25 heavy (non-hydrogen) atoms. The van der Waals surface area contributed by atoms with Gasteiger partial charge in [-0.2, -0.15) is 0 Å². The predicted molar refractivity (Wildman–Crippen MR) is 101 cm³/mol. The van der Waals surface area contributed by atoms with Gasteiger partial charge in [0, 0.05) is 18.8 Å². The first-order chi connectivity index (χ1) is 11.9. The molecule has 1 aromatic heterocycles. The first kappa shape index (κ1) is 19.9. The van der Waals surface area contributed by atoms with Crippen LogP contribution in [-0.4, -0.2) is 54.7 Å². The fraction of sp³-hybridized carbons (Fsp3) is 0.700. The number of piperidine rings is 1. The topological polar surface area (TPSA) is 54.5 Å². The molecule has 1 fully saturated rings. The zero-order chi connectivity index (χ0) is 18.2. The van der Waals surface area contributed by atoms with Crippen LogP contribution in [0.15, 0.2) is 12.1 Å². The van der Waals surface area contributed by atoms with Gasteiger partial charge in [-0.3, -0.25) is 4.79 Å². The van der Waals surface area contributed by atoms with Crippen molar-refractivity contribution in [3.05, 3.63) is 29.1 Å². The Labute approximate surface area is 152 Å². The van der Waals surface area contributed by atoms with Crippen LogP contribution in [0, 0.1) is 19.8 Å². The lowest BCUT2D eigenvalue weighted by Gasteiger charge is -2.32. The largest absolute Gasteiger partial charge is 0.377 e. The summed E-state index contributed by atoms with van der Waals surface area (Å²) in [6.07, 6.45) is 3.78. The number of hydrogen-bond donors (Lipinski definition) is 1. The highest BCUT2D eigenvalue weighted by Crippen LogP contribution is 2.19. The summed E-state index contributed by atoms with van der Waals surface area (Å²) in [5.41, 5.74) is 2.49. The molecule has 0 spiro atoms. The van der Waals surface area contributed by atoms with Crippen molar-refractivity contribution in [2.24, 2.45) is 5.92 Å². The molecule has 0 aliphatic carbocycles. The predicted octanol–water partition coefficient (Wildman–Crippen LogP) is 2.96. The van der Waals surface area contributed by atoms with E-state index in [0.29, 0.717) is 17.7 Å². The van der Waals surface area contributed by atoms with E-state index < -0.39 is 0 Å². The number of aryl methyl sites for hydroxylation is 2. The van der Waals surface area contributed by atoms with Crippen LogP contribution >= 0.6 is 0 Å². The van der Waals surface area contributed by atoms with E-state index in [0.717, 1.165) is 50.5 Å². The smallest absolute Gasteiger partial charge is 0.269 e. The van der Waals surface area contributed by atoms with Gasteiger partial charge in [-0.15, -0.1) is 0 Å². The van der Waals surface area contributed by atoms with E-state index in [1.807, 2.05) is 26.0 Å². The minimum atomic E-state index is -0.0601. The highest BCUT2D eigenvalue weighted by Gasteiger charge is 2.19. The number of aromatic nitrogens is 1. The number of likely N-dealkylation sites (tertiary alicyclic amines) is 1. The maximum Gasteiger partial charge on any atom is 0.269 e. The van der Waals surface area contributed by atoms with Crippen molar-refractivity contribution in [2.45, 2.75) is 53.1 Å². The summed E-state index contributed by atoms with van der Waals surface area (Å²) in [6, 6.07) is 3.83. The van der Waals surface area contributed by atoms with Crippen LogP contribution in [0.3, 0.4) is 0 Å². The second-order valence-corrected chi connectivity index (χ2v) is 7.42. The Morgan fingerprint density at radius 2 is 2.04 bits per heavy atom. The maximum atomic E-state index is 12.2. The molecule has 1 aromatic rings. The summed E-state index contributed by atoms with van der Waals surface area (Å²) >= 11 is 0. The lowest BCUT2D eigenvalue weighted by atomic mass is 9.93. The summed E-state index contributed by atoms with van der Waals surface area (Å²) in [6.45, 7) is 12.9. The lowest BCUT2D eigenvalue weighted by Crippen LogP contribution is -2.37. The minimum Gasteiger partial charge on any atom is -0.377 e. The van der Waals surface area contributed by atoms with Crippen LogP contribution in [0.2, 0.25) is 0 Å². The molecule has 1 amide bonds. The lowest BCUT2D eigenvalue weighted by molar-refractivity contribution is 0.0503. The van der Waals surface area contributed by atoms with E-state index >= 15 is 0 Å². The van der Waals surface area contributed by atoms with Crippen LogP contribution < -0.4 is 5.32 Å². The monoisotopic (exact) mass is 347 g/mol. The van der Waals surface area contributed by atoms with Crippen molar-refractivity contribution in [1.82, 2.24) is 15.2 Å². The van der Waals surface area contributed by atoms with Gasteiger partial charge in [-0.25, -0.2) is 4.98 Å². The van der Waals surface area contributed by atoms with Crippen molar-refractivity contribution in [3.8, 4) is 0 Å². The molecule has 1 aliphatic rings. The third kappa shape index (κ3) is 7.12. The molecule has 2 heterocycles. The van der Waals surface area contributed by atoms with Crippen molar-refractivity contribution in [3.63, 3.8) is 0 Å². The summed E-state index contributed by atoms with van der Waals surface area (Å²) in [7, 11) is 0. The molecular formula is C20H33N3O2. The fourth-order valence-corrected chi connectivity index (χ4v) is 3.35. The van der Waals surface area contributed by atoms with Crippen molar-refractivity contribution in [1.29, 1.82) is 0 Å². The number of hydrogen-bond acceptors (Lipinski definition) is 4. The Balaban J connectivity index is 1.63. The van der Waals surface area contributed by atoms with Crippen LogP contribution in [0.1, 0.15) is 54.9 Å². The summed E-state index contributed by atoms with van der Waals surface area (Å²) < 4.78 is 5.63. The molecule has 0 atom stereocenters. The van der Waals surface area contributed by atoms with Gasteiger partial charge in [-0.1, -0.05) is 0 Å².